The van der Waals surface area contributed by atoms with Gasteiger partial charge >= 0.3 is 12.3 Å². The fourth-order valence-electron chi connectivity index (χ4n) is 3.55. The molecular formula is C29H30F3N3O4. The Balaban J connectivity index is 1.80. The highest BCUT2D eigenvalue weighted by Gasteiger charge is 2.31. The number of carbonyl (C=O) groups excluding carboxylic acids is 3. The SMILES string of the molecule is CC(C)c1cc(-c2cccc(C(=O)CC(=O)NN(C(=O)OC(C)(C)C)c3ccc(C(F)(F)F)cc3)c2)ccn1. The number of rotatable bonds is 6. The molecule has 0 atom stereocenters. The molecule has 206 valence electrons. The molecule has 0 saturated heterocycles. The Morgan fingerprint density at radius 2 is 1.59 bits per heavy atom. The van der Waals surface area contributed by atoms with E-state index in [-0.39, 0.29) is 17.2 Å². The Labute approximate surface area is 225 Å². The van der Waals surface area contributed by atoms with E-state index < -0.39 is 41.5 Å². The van der Waals surface area contributed by atoms with Crippen LogP contribution in [0.2, 0.25) is 0 Å². The van der Waals surface area contributed by atoms with Gasteiger partial charge in [0.25, 0.3) is 0 Å². The molecule has 0 radical (unpaired) electrons. The number of pyridine rings is 1. The van der Waals surface area contributed by atoms with Gasteiger partial charge in [0.1, 0.15) is 5.60 Å². The number of nitrogens with one attached hydrogen (secondary N) is 1. The third-order valence-electron chi connectivity index (χ3n) is 5.48. The second-order valence-electron chi connectivity index (χ2n) is 10.2. The third-order valence-corrected chi connectivity index (χ3v) is 5.48. The summed E-state index contributed by atoms with van der Waals surface area (Å²) in [6.45, 7) is 8.84. The Kier molecular flexibility index (Phi) is 8.78. The molecule has 3 rings (SSSR count). The third kappa shape index (κ3) is 8.13. The molecule has 1 heterocycles. The Morgan fingerprint density at radius 3 is 2.18 bits per heavy atom. The number of hydrogen-bond acceptors (Lipinski definition) is 5. The van der Waals surface area contributed by atoms with Gasteiger partial charge in [0.05, 0.1) is 17.7 Å². The van der Waals surface area contributed by atoms with E-state index >= 15 is 0 Å². The molecule has 0 fully saturated rings. The van der Waals surface area contributed by atoms with Crippen molar-refractivity contribution in [2.75, 3.05) is 5.01 Å². The standard InChI is InChI=1S/C29H30F3N3O4/c1-18(2)24-16-20(13-14-33-24)19-7-6-8-21(15-19)25(36)17-26(37)34-35(27(38)39-28(3,4)5)23-11-9-22(10-12-23)29(30,31)32/h6-16,18H,17H2,1-5H3,(H,34,37). The van der Waals surface area contributed by atoms with Crippen molar-refractivity contribution in [3.8, 4) is 11.1 Å². The number of hydrazine groups is 1. The van der Waals surface area contributed by atoms with Crippen LogP contribution < -0.4 is 10.4 Å². The van der Waals surface area contributed by atoms with Gasteiger partial charge in [-0.25, -0.2) is 4.79 Å². The minimum atomic E-state index is -4.58. The van der Waals surface area contributed by atoms with Crippen molar-refractivity contribution >= 4 is 23.5 Å². The number of aromatic nitrogens is 1. The monoisotopic (exact) mass is 541 g/mol. The number of carbonyl (C=O) groups is 3. The number of hydrogen-bond donors (Lipinski definition) is 1. The van der Waals surface area contributed by atoms with Crippen LogP contribution in [0.5, 0.6) is 0 Å². The number of alkyl halides is 3. The summed E-state index contributed by atoms with van der Waals surface area (Å²) in [5, 5.41) is 0.682. The summed E-state index contributed by atoms with van der Waals surface area (Å²) < 4.78 is 44.3. The van der Waals surface area contributed by atoms with Gasteiger partial charge in [-0.2, -0.15) is 18.2 Å². The van der Waals surface area contributed by atoms with E-state index in [1.54, 1.807) is 45.2 Å². The van der Waals surface area contributed by atoms with Crippen LogP contribution in [0.15, 0.2) is 66.9 Å². The average molecular weight is 542 g/mol. The molecule has 1 N–H and O–H groups in total. The number of amides is 2. The first-order valence-electron chi connectivity index (χ1n) is 12.2. The molecule has 2 aromatic carbocycles. The zero-order chi connectivity index (χ0) is 29.0. The van der Waals surface area contributed by atoms with Crippen LogP contribution in [-0.2, 0) is 15.7 Å². The van der Waals surface area contributed by atoms with Gasteiger partial charge in [0.2, 0.25) is 5.91 Å². The number of halogens is 3. The molecular weight excluding hydrogens is 511 g/mol. The van der Waals surface area contributed by atoms with Crippen LogP contribution in [0.25, 0.3) is 11.1 Å². The summed E-state index contributed by atoms with van der Waals surface area (Å²) in [5.74, 6) is -1.14. The highest BCUT2D eigenvalue weighted by molar-refractivity contribution is 6.09. The minimum absolute atomic E-state index is 0.0707. The van der Waals surface area contributed by atoms with Crippen molar-refractivity contribution in [1.82, 2.24) is 10.4 Å². The van der Waals surface area contributed by atoms with Crippen LogP contribution in [0.3, 0.4) is 0 Å². The van der Waals surface area contributed by atoms with Crippen molar-refractivity contribution in [3.63, 3.8) is 0 Å². The number of benzene rings is 2. The van der Waals surface area contributed by atoms with E-state index in [4.69, 9.17) is 4.74 Å². The van der Waals surface area contributed by atoms with E-state index in [0.717, 1.165) is 41.1 Å². The molecule has 2 amide bonds. The van der Waals surface area contributed by atoms with Gasteiger partial charge in [-0.3, -0.25) is 20.0 Å². The zero-order valence-electron chi connectivity index (χ0n) is 22.3. The average Bonchev–Trinajstić information content (AvgIpc) is 2.86. The quantitative estimate of drug-likeness (QED) is 0.208. The van der Waals surface area contributed by atoms with Crippen molar-refractivity contribution in [2.24, 2.45) is 0 Å². The maximum absolute atomic E-state index is 13.0. The van der Waals surface area contributed by atoms with E-state index in [0.29, 0.717) is 5.01 Å². The lowest BCUT2D eigenvalue weighted by atomic mass is 9.99. The smallest absolute Gasteiger partial charge is 0.434 e. The van der Waals surface area contributed by atoms with Crippen molar-refractivity contribution in [2.45, 2.75) is 58.7 Å². The molecule has 39 heavy (non-hydrogen) atoms. The number of Topliss-reactive ketones (excluding diaryl/α,β-unsaturated/α-hetero) is 1. The van der Waals surface area contributed by atoms with Crippen LogP contribution in [0.4, 0.5) is 23.7 Å². The van der Waals surface area contributed by atoms with Crippen LogP contribution in [0.1, 0.15) is 68.6 Å². The molecule has 0 aliphatic heterocycles. The van der Waals surface area contributed by atoms with E-state index in [1.165, 1.54) is 0 Å². The van der Waals surface area contributed by atoms with Gasteiger partial charge < -0.3 is 4.74 Å². The lowest BCUT2D eigenvalue weighted by Crippen LogP contribution is -2.49. The highest BCUT2D eigenvalue weighted by Crippen LogP contribution is 2.31. The molecule has 0 spiro atoms. The van der Waals surface area contributed by atoms with Gasteiger partial charge in [0, 0.05) is 17.5 Å². The predicted molar refractivity (Wildman–Crippen MR) is 141 cm³/mol. The summed E-state index contributed by atoms with van der Waals surface area (Å²) in [6, 6.07) is 14.1. The summed E-state index contributed by atoms with van der Waals surface area (Å²) in [4.78, 5) is 42.9. The van der Waals surface area contributed by atoms with Gasteiger partial charge in [0.15, 0.2) is 5.78 Å². The largest absolute Gasteiger partial charge is 0.442 e. The number of ketones is 1. The first-order valence-corrected chi connectivity index (χ1v) is 12.2. The zero-order valence-corrected chi connectivity index (χ0v) is 22.3. The maximum Gasteiger partial charge on any atom is 0.434 e. The summed E-state index contributed by atoms with van der Waals surface area (Å²) >= 11 is 0. The Bertz CT molecular complexity index is 1350. The number of ether oxygens (including phenoxy) is 1. The van der Waals surface area contributed by atoms with Crippen LogP contribution in [0, 0.1) is 0 Å². The second-order valence-corrected chi connectivity index (χ2v) is 10.2. The Hall–Kier alpha value is -4.21. The second kappa shape index (κ2) is 11.7. The first kappa shape index (κ1) is 29.3. The molecule has 3 aromatic rings. The normalized spacial score (nSPS) is 11.7. The van der Waals surface area contributed by atoms with Gasteiger partial charge in [-0.1, -0.05) is 32.0 Å². The lowest BCUT2D eigenvalue weighted by Gasteiger charge is -2.27. The van der Waals surface area contributed by atoms with E-state index in [1.807, 2.05) is 32.0 Å². The molecule has 0 aliphatic rings. The molecule has 0 saturated carbocycles. The molecule has 0 aliphatic carbocycles. The molecule has 10 heteroatoms. The lowest BCUT2D eigenvalue weighted by molar-refractivity contribution is -0.137. The van der Waals surface area contributed by atoms with Crippen molar-refractivity contribution in [1.29, 1.82) is 0 Å². The van der Waals surface area contributed by atoms with Gasteiger partial charge in [-0.15, -0.1) is 0 Å². The summed E-state index contributed by atoms with van der Waals surface area (Å²) in [6.07, 6.45) is -4.52. The molecule has 0 bridgehead atoms. The Morgan fingerprint density at radius 1 is 0.949 bits per heavy atom. The topological polar surface area (TPSA) is 88.6 Å². The molecule has 7 nitrogen and oxygen atoms in total. The summed E-state index contributed by atoms with van der Waals surface area (Å²) in [5.41, 5.74) is 3.16. The highest BCUT2D eigenvalue weighted by atomic mass is 19.4. The van der Waals surface area contributed by atoms with Crippen molar-refractivity contribution in [3.05, 3.63) is 83.7 Å². The van der Waals surface area contributed by atoms with Gasteiger partial charge in [-0.05, 0) is 80.3 Å². The summed E-state index contributed by atoms with van der Waals surface area (Å²) in [7, 11) is 0. The van der Waals surface area contributed by atoms with Crippen LogP contribution in [-0.4, -0.2) is 28.4 Å². The van der Waals surface area contributed by atoms with E-state index in [2.05, 4.69) is 10.4 Å². The fraction of sp³-hybridized carbons (Fsp3) is 0.310. The molecule has 1 aromatic heterocycles. The number of anilines is 1. The van der Waals surface area contributed by atoms with Crippen molar-refractivity contribution < 1.29 is 32.3 Å². The van der Waals surface area contributed by atoms with E-state index in [9.17, 15) is 27.6 Å². The fourth-order valence-corrected chi connectivity index (χ4v) is 3.55. The first-order chi connectivity index (χ1) is 18.1. The molecule has 0 unspecified atom stereocenters. The predicted octanol–water partition coefficient (Wildman–Crippen LogP) is 6.94. The maximum atomic E-state index is 13.0. The minimum Gasteiger partial charge on any atom is -0.442 e. The van der Waals surface area contributed by atoms with Crippen LogP contribution >= 0.6 is 0 Å². The number of nitrogens with zero attached hydrogens (tertiary/aromatic N) is 2.